The maximum absolute atomic E-state index is 15.2. The lowest BCUT2D eigenvalue weighted by Crippen LogP contribution is -2.49. The van der Waals surface area contributed by atoms with Crippen molar-refractivity contribution in [3.05, 3.63) is 35.4 Å². The Hall–Kier alpha value is -1.98. The molecule has 1 unspecified atom stereocenters. The van der Waals surface area contributed by atoms with Gasteiger partial charge in [-0.15, -0.1) is 0 Å². The van der Waals surface area contributed by atoms with Crippen molar-refractivity contribution in [2.75, 3.05) is 26.4 Å². The predicted octanol–water partition coefficient (Wildman–Crippen LogP) is 6.21. The van der Waals surface area contributed by atoms with Crippen molar-refractivity contribution < 1.29 is 27.8 Å². The van der Waals surface area contributed by atoms with Crippen LogP contribution in [0.4, 0.5) is 13.6 Å². The molecule has 7 nitrogen and oxygen atoms in total. The van der Waals surface area contributed by atoms with Crippen molar-refractivity contribution in [1.29, 1.82) is 0 Å². The van der Waals surface area contributed by atoms with E-state index in [0.29, 0.717) is 26.1 Å². The van der Waals surface area contributed by atoms with Crippen molar-refractivity contribution in [2.45, 2.75) is 88.5 Å². The lowest BCUT2D eigenvalue weighted by Gasteiger charge is -2.38. The van der Waals surface area contributed by atoms with Crippen LogP contribution in [0, 0.1) is 17.6 Å². The van der Waals surface area contributed by atoms with E-state index in [1.807, 2.05) is 4.90 Å². The number of carbonyl (C=O) groups excluding carboxylic acids is 2. The van der Waals surface area contributed by atoms with Crippen LogP contribution in [0.2, 0.25) is 25.7 Å². The second-order valence-corrected chi connectivity index (χ2v) is 20.1. The normalized spacial score (nSPS) is 26.6. The number of halogens is 2. The van der Waals surface area contributed by atoms with Gasteiger partial charge in [0.1, 0.15) is 17.1 Å². The Morgan fingerprint density at radius 2 is 1.87 bits per heavy atom. The molecule has 2 aliphatic heterocycles. The fourth-order valence-corrected chi connectivity index (χ4v) is 7.63. The van der Waals surface area contributed by atoms with Crippen LogP contribution in [0.5, 0.6) is 0 Å². The standard InChI is InChI=1S/C28H41F2N3O4SSi/c1-26(2,3)37-25(35)33(18-36-15-16-39(5,6)7)24-31-27(4,19-11-10-12-20(29)22(19)30)21-17-28(21,38-24)23(34)32-13-8-9-14-32/h10-12,21H,8-9,13-18H2,1-7H3/t21?,27-,28+/m1/s1. The minimum absolute atomic E-state index is 0.0331. The van der Waals surface area contributed by atoms with Gasteiger partial charge in [-0.1, -0.05) is 43.5 Å². The summed E-state index contributed by atoms with van der Waals surface area (Å²) in [5.74, 6) is -2.34. The molecule has 1 saturated heterocycles. The molecule has 1 aromatic carbocycles. The van der Waals surface area contributed by atoms with Crippen molar-refractivity contribution in [3.8, 4) is 0 Å². The van der Waals surface area contributed by atoms with Crippen LogP contribution in [0.25, 0.3) is 0 Å². The summed E-state index contributed by atoms with van der Waals surface area (Å²) in [7, 11) is -1.38. The van der Waals surface area contributed by atoms with E-state index in [1.54, 1.807) is 27.7 Å². The van der Waals surface area contributed by atoms with Gasteiger partial charge in [-0.25, -0.2) is 18.5 Å². The molecule has 0 aromatic heterocycles. The van der Waals surface area contributed by atoms with Crippen LogP contribution in [0.3, 0.4) is 0 Å². The second-order valence-electron chi connectivity index (χ2n) is 13.1. The maximum atomic E-state index is 15.2. The predicted molar refractivity (Wildman–Crippen MR) is 152 cm³/mol. The van der Waals surface area contributed by atoms with E-state index in [-0.39, 0.29) is 29.3 Å². The highest BCUT2D eigenvalue weighted by molar-refractivity contribution is 8.16. The molecule has 0 bridgehead atoms. The van der Waals surface area contributed by atoms with E-state index in [9.17, 15) is 14.0 Å². The fraction of sp³-hybridized carbons (Fsp3) is 0.679. The number of hydrogen-bond acceptors (Lipinski definition) is 6. The maximum Gasteiger partial charge on any atom is 0.418 e. The molecule has 4 rings (SSSR count). The summed E-state index contributed by atoms with van der Waals surface area (Å²) in [5.41, 5.74) is -1.97. The van der Waals surface area contributed by atoms with E-state index >= 15 is 4.39 Å². The first-order valence-electron chi connectivity index (χ1n) is 13.7. The van der Waals surface area contributed by atoms with Gasteiger partial charge in [0, 0.05) is 39.3 Å². The van der Waals surface area contributed by atoms with Crippen LogP contribution >= 0.6 is 11.8 Å². The van der Waals surface area contributed by atoms with Crippen molar-refractivity contribution in [3.63, 3.8) is 0 Å². The third-order valence-electron chi connectivity index (χ3n) is 7.50. The monoisotopic (exact) mass is 581 g/mol. The Balaban J connectivity index is 1.75. The summed E-state index contributed by atoms with van der Waals surface area (Å²) in [6, 6.07) is 4.94. The lowest BCUT2D eigenvalue weighted by molar-refractivity contribution is -0.130. The molecule has 0 N–H and O–H groups in total. The molecule has 2 fully saturated rings. The molecule has 0 radical (unpaired) electrons. The molecule has 1 aliphatic carbocycles. The summed E-state index contributed by atoms with van der Waals surface area (Å²) < 4.78 is 40.4. The van der Waals surface area contributed by atoms with Crippen molar-refractivity contribution >= 4 is 37.0 Å². The third kappa shape index (κ3) is 6.35. The molecule has 216 valence electrons. The van der Waals surface area contributed by atoms with Gasteiger partial charge in [-0.2, -0.15) is 0 Å². The Bertz CT molecular complexity index is 1150. The zero-order valence-electron chi connectivity index (χ0n) is 24.1. The number of hydrogen-bond donors (Lipinski definition) is 0. The third-order valence-corrected chi connectivity index (χ3v) is 10.7. The number of ether oxygens (including phenoxy) is 2. The van der Waals surface area contributed by atoms with Gasteiger partial charge in [0.2, 0.25) is 5.91 Å². The summed E-state index contributed by atoms with van der Waals surface area (Å²) in [4.78, 5) is 35.4. The van der Waals surface area contributed by atoms with Gasteiger partial charge in [-0.3, -0.25) is 9.79 Å². The fourth-order valence-electron chi connectivity index (χ4n) is 5.24. The Morgan fingerprint density at radius 3 is 2.49 bits per heavy atom. The molecule has 2 amide bonds. The molecule has 11 heteroatoms. The van der Waals surface area contributed by atoms with Gasteiger partial charge in [0.25, 0.3) is 0 Å². The number of amidine groups is 1. The Kier molecular flexibility index (Phi) is 8.29. The van der Waals surface area contributed by atoms with E-state index in [1.165, 1.54) is 28.8 Å². The molecule has 39 heavy (non-hydrogen) atoms. The quantitative estimate of drug-likeness (QED) is 0.217. The molecule has 3 aliphatic rings. The van der Waals surface area contributed by atoms with Gasteiger partial charge in [-0.05, 0) is 59.1 Å². The largest absolute Gasteiger partial charge is 0.443 e. The minimum atomic E-state index is -1.38. The molecule has 2 heterocycles. The minimum Gasteiger partial charge on any atom is -0.443 e. The van der Waals surface area contributed by atoms with E-state index < -0.39 is 41.7 Å². The highest BCUT2D eigenvalue weighted by atomic mass is 32.2. The molecule has 1 saturated carbocycles. The van der Waals surface area contributed by atoms with Crippen LogP contribution < -0.4 is 0 Å². The van der Waals surface area contributed by atoms with Crippen LogP contribution in [-0.4, -0.2) is 71.8 Å². The highest BCUT2D eigenvalue weighted by Gasteiger charge is 2.72. The van der Waals surface area contributed by atoms with Gasteiger partial charge < -0.3 is 14.4 Å². The van der Waals surface area contributed by atoms with Crippen molar-refractivity contribution in [2.24, 2.45) is 10.9 Å². The molecule has 0 spiro atoms. The first-order valence-corrected chi connectivity index (χ1v) is 18.2. The Labute approximate surface area is 235 Å². The summed E-state index contributed by atoms with van der Waals surface area (Å²) in [6.45, 7) is 15.4. The first kappa shape index (κ1) is 30.0. The number of thioether (sulfide) groups is 1. The number of rotatable bonds is 7. The zero-order chi connectivity index (χ0) is 28.8. The molecular formula is C28H41F2N3O4SSi. The molecule has 1 aromatic rings. The van der Waals surface area contributed by atoms with Crippen LogP contribution in [0.1, 0.15) is 52.5 Å². The van der Waals surface area contributed by atoms with E-state index in [0.717, 1.165) is 25.0 Å². The summed E-state index contributed by atoms with van der Waals surface area (Å²) in [6.07, 6.45) is 1.66. The highest BCUT2D eigenvalue weighted by Crippen LogP contribution is 2.67. The smallest absolute Gasteiger partial charge is 0.418 e. The van der Waals surface area contributed by atoms with Crippen LogP contribution in [-0.2, 0) is 19.8 Å². The van der Waals surface area contributed by atoms with Crippen LogP contribution in [0.15, 0.2) is 23.2 Å². The summed E-state index contributed by atoms with van der Waals surface area (Å²) in [5, 5.41) is 0.227. The SMILES string of the molecule is CC(C)(C)OC(=O)N(COCC[Si](C)(C)C)C1=N[C@](C)(c2cccc(F)c2F)C2C[C@]2(C(=O)N2CCCC2)S1. The lowest BCUT2D eigenvalue weighted by atomic mass is 9.85. The summed E-state index contributed by atoms with van der Waals surface area (Å²) >= 11 is 1.23. The zero-order valence-corrected chi connectivity index (χ0v) is 25.9. The Morgan fingerprint density at radius 1 is 1.21 bits per heavy atom. The number of nitrogens with zero attached hydrogens (tertiary/aromatic N) is 3. The second kappa shape index (κ2) is 10.8. The van der Waals surface area contributed by atoms with Gasteiger partial charge in [0.05, 0.1) is 5.54 Å². The first-order chi connectivity index (χ1) is 18.1. The van der Waals surface area contributed by atoms with E-state index in [2.05, 4.69) is 19.6 Å². The number of carbonyl (C=O) groups is 2. The average Bonchev–Trinajstić information content (AvgIpc) is 3.33. The number of amides is 2. The number of aliphatic imine (C=N–C) groups is 1. The number of likely N-dealkylation sites (tertiary alicyclic amines) is 1. The average molecular weight is 582 g/mol. The van der Waals surface area contributed by atoms with Crippen molar-refractivity contribution in [1.82, 2.24) is 9.80 Å². The number of benzene rings is 1. The number of fused-ring (bicyclic) bond motifs is 1. The topological polar surface area (TPSA) is 71.4 Å². The molecule has 3 atom stereocenters. The van der Waals surface area contributed by atoms with Gasteiger partial charge >= 0.3 is 6.09 Å². The molecular weight excluding hydrogens is 540 g/mol. The van der Waals surface area contributed by atoms with E-state index in [4.69, 9.17) is 14.5 Å². The van der Waals surface area contributed by atoms with Gasteiger partial charge in [0.15, 0.2) is 16.8 Å².